The second-order valence-corrected chi connectivity index (χ2v) is 9.05. The lowest BCUT2D eigenvalue weighted by Gasteiger charge is -2.36. The van der Waals surface area contributed by atoms with Crippen molar-refractivity contribution in [3.05, 3.63) is 21.9 Å². The van der Waals surface area contributed by atoms with Crippen LogP contribution in [0.15, 0.2) is 12.1 Å². The van der Waals surface area contributed by atoms with Gasteiger partial charge in [0.25, 0.3) is 0 Å². The Morgan fingerprint density at radius 1 is 1.24 bits per heavy atom. The van der Waals surface area contributed by atoms with Crippen LogP contribution < -0.4 is 10.2 Å². The van der Waals surface area contributed by atoms with Crippen molar-refractivity contribution in [2.75, 3.05) is 25.1 Å². The van der Waals surface area contributed by atoms with E-state index < -0.39 is 0 Å². The number of amides is 1. The highest BCUT2D eigenvalue weighted by molar-refractivity contribution is 7.15. The maximum atomic E-state index is 13.6. The number of esters is 1. The van der Waals surface area contributed by atoms with E-state index in [0.29, 0.717) is 4.88 Å². The first-order chi connectivity index (χ1) is 14.1. The summed E-state index contributed by atoms with van der Waals surface area (Å²) in [5, 5.41) is 3.39. The molecule has 1 N–H and O–H groups in total. The van der Waals surface area contributed by atoms with E-state index in [1.165, 1.54) is 36.9 Å². The van der Waals surface area contributed by atoms with E-state index in [1.807, 2.05) is 4.90 Å². The van der Waals surface area contributed by atoms with Crippen LogP contribution in [0, 0.1) is 5.92 Å². The van der Waals surface area contributed by atoms with Crippen molar-refractivity contribution in [2.45, 2.75) is 71.3 Å². The summed E-state index contributed by atoms with van der Waals surface area (Å²) < 4.78 is 5.11. The van der Waals surface area contributed by atoms with Crippen molar-refractivity contribution < 1.29 is 14.3 Å². The number of thiophene rings is 1. The lowest BCUT2D eigenvalue weighted by Crippen LogP contribution is -2.48. The number of carbonyl (C=O) groups is 2. The van der Waals surface area contributed by atoms with Gasteiger partial charge in [0.2, 0.25) is 5.91 Å². The topological polar surface area (TPSA) is 58.6 Å². The summed E-state index contributed by atoms with van der Waals surface area (Å²) in [6.45, 7) is 5.93. The molecule has 29 heavy (non-hydrogen) atoms. The number of methoxy groups -OCH3 is 1. The third-order valence-corrected chi connectivity index (χ3v) is 7.38. The fourth-order valence-electron chi connectivity index (χ4n) is 4.41. The van der Waals surface area contributed by atoms with Crippen molar-refractivity contribution in [2.24, 2.45) is 5.92 Å². The quantitative estimate of drug-likeness (QED) is 0.632. The van der Waals surface area contributed by atoms with Crippen LogP contribution in [0.3, 0.4) is 0 Å². The van der Waals surface area contributed by atoms with Crippen LogP contribution in [0.25, 0.3) is 5.57 Å². The predicted molar refractivity (Wildman–Crippen MR) is 120 cm³/mol. The molecule has 1 amide bonds. The monoisotopic (exact) mass is 418 g/mol. The van der Waals surface area contributed by atoms with Gasteiger partial charge in [-0.1, -0.05) is 19.9 Å². The minimum atomic E-state index is -0.344. The normalized spacial score (nSPS) is 17.9. The zero-order chi connectivity index (χ0) is 20.8. The highest BCUT2D eigenvalue weighted by atomic mass is 32.1. The number of hydrogen-bond donors (Lipinski definition) is 1. The maximum Gasteiger partial charge on any atom is 0.350 e. The van der Waals surface area contributed by atoms with Crippen LogP contribution in [0.5, 0.6) is 0 Å². The zero-order valence-electron chi connectivity index (χ0n) is 18.0. The molecule has 6 heteroatoms. The second-order valence-electron chi connectivity index (χ2n) is 7.99. The molecule has 1 fully saturated rings. The van der Waals surface area contributed by atoms with Crippen LogP contribution in [-0.2, 0) is 9.53 Å². The second kappa shape index (κ2) is 10.4. The number of hydrogen-bond acceptors (Lipinski definition) is 5. The van der Waals surface area contributed by atoms with E-state index in [-0.39, 0.29) is 23.8 Å². The lowest BCUT2D eigenvalue weighted by atomic mass is 9.96. The molecular formula is C23H34N2O3S. The number of anilines is 1. The van der Waals surface area contributed by atoms with Gasteiger partial charge in [-0.25, -0.2) is 4.79 Å². The fourth-order valence-corrected chi connectivity index (χ4v) is 5.55. The summed E-state index contributed by atoms with van der Waals surface area (Å²) >= 11 is 1.48. The Hall–Kier alpha value is -1.66. The molecule has 3 rings (SSSR count). The van der Waals surface area contributed by atoms with Gasteiger partial charge in [-0.2, -0.15) is 0 Å². The number of ether oxygens (including phenoxy) is 1. The van der Waals surface area contributed by atoms with Crippen molar-refractivity contribution in [3.63, 3.8) is 0 Å². The third kappa shape index (κ3) is 4.92. The van der Waals surface area contributed by atoms with Gasteiger partial charge in [-0.05, 0) is 76.1 Å². The summed E-state index contributed by atoms with van der Waals surface area (Å²) in [5.74, 6) is -0.217. The van der Waals surface area contributed by atoms with Crippen molar-refractivity contribution in [1.29, 1.82) is 0 Å². The average Bonchev–Trinajstić information content (AvgIpc) is 3.20. The van der Waals surface area contributed by atoms with Crippen molar-refractivity contribution >= 4 is 34.5 Å². The molecule has 0 atom stereocenters. The molecular weight excluding hydrogens is 384 g/mol. The summed E-state index contributed by atoms with van der Waals surface area (Å²) in [7, 11) is 1.42. The predicted octanol–water partition coefficient (Wildman–Crippen LogP) is 5.01. The zero-order valence-corrected chi connectivity index (χ0v) is 18.8. The van der Waals surface area contributed by atoms with E-state index >= 15 is 0 Å². The summed E-state index contributed by atoms with van der Waals surface area (Å²) in [6, 6.07) is 2.20. The van der Waals surface area contributed by atoms with E-state index in [1.54, 1.807) is 0 Å². The molecule has 0 radical (unpaired) electrons. The maximum absolute atomic E-state index is 13.6. The highest BCUT2D eigenvalue weighted by Crippen LogP contribution is 2.40. The minimum absolute atomic E-state index is 0.0207. The Labute approximate surface area is 178 Å². The van der Waals surface area contributed by atoms with Gasteiger partial charge in [0.15, 0.2) is 0 Å². The van der Waals surface area contributed by atoms with Crippen LogP contribution in [0.1, 0.15) is 79.8 Å². The van der Waals surface area contributed by atoms with E-state index in [9.17, 15) is 9.59 Å². The van der Waals surface area contributed by atoms with Crippen LogP contribution in [0.4, 0.5) is 5.69 Å². The molecule has 5 nitrogen and oxygen atoms in total. The molecule has 0 unspecified atom stereocenters. The molecule has 0 aromatic carbocycles. The smallest absolute Gasteiger partial charge is 0.350 e. The summed E-state index contributed by atoms with van der Waals surface area (Å²) in [4.78, 5) is 29.9. The standard InChI is InChI=1S/C23H34N2O3S/c1-4-16(5-2)22(26)25(18-11-13-24-14-12-18)19-15-20(17-9-7-6-8-10-17)29-21(19)23(27)28-3/h9,15-16,18,24H,4-8,10-14H2,1-3H3. The first-order valence-corrected chi connectivity index (χ1v) is 11.9. The number of nitrogens with one attached hydrogen (secondary N) is 1. The Balaban J connectivity index is 2.06. The van der Waals surface area contributed by atoms with E-state index in [4.69, 9.17) is 4.74 Å². The highest BCUT2D eigenvalue weighted by Gasteiger charge is 2.34. The first kappa shape index (κ1) is 22.0. The molecule has 1 saturated heterocycles. The fraction of sp³-hybridized carbons (Fsp3) is 0.652. The number of rotatable bonds is 7. The van der Waals surface area contributed by atoms with Gasteiger partial charge in [-0.3, -0.25) is 4.79 Å². The molecule has 2 aliphatic rings. The molecule has 0 spiro atoms. The van der Waals surface area contributed by atoms with E-state index in [2.05, 4.69) is 31.3 Å². The van der Waals surface area contributed by atoms with E-state index in [0.717, 1.165) is 62.2 Å². The molecule has 1 aromatic rings. The van der Waals surface area contributed by atoms with Crippen LogP contribution in [0.2, 0.25) is 0 Å². The van der Waals surface area contributed by atoms with Gasteiger partial charge in [0, 0.05) is 16.8 Å². The number of nitrogens with zero attached hydrogens (tertiary/aromatic N) is 1. The average molecular weight is 419 g/mol. The SMILES string of the molecule is CCC(CC)C(=O)N(c1cc(C2=CCCCC2)sc1C(=O)OC)C1CCNCC1. The summed E-state index contributed by atoms with van der Waals surface area (Å²) in [5.41, 5.74) is 2.06. The van der Waals surface area contributed by atoms with Gasteiger partial charge in [0.1, 0.15) is 4.88 Å². The molecule has 0 bridgehead atoms. The molecule has 1 aromatic heterocycles. The Bertz CT molecular complexity index is 745. The Morgan fingerprint density at radius 2 is 1.97 bits per heavy atom. The molecule has 0 saturated carbocycles. The van der Waals surface area contributed by atoms with Gasteiger partial charge in [0.05, 0.1) is 12.8 Å². The lowest BCUT2D eigenvalue weighted by molar-refractivity contribution is -0.123. The van der Waals surface area contributed by atoms with Crippen LogP contribution in [-0.4, -0.2) is 38.1 Å². The molecule has 1 aliphatic heterocycles. The first-order valence-electron chi connectivity index (χ1n) is 11.1. The van der Waals surface area contributed by atoms with Crippen molar-refractivity contribution in [1.82, 2.24) is 5.32 Å². The number of carbonyl (C=O) groups excluding carboxylic acids is 2. The summed E-state index contributed by atoms with van der Waals surface area (Å²) in [6.07, 6.45) is 10.2. The molecule has 160 valence electrons. The Kier molecular flexibility index (Phi) is 7.90. The van der Waals surface area contributed by atoms with Gasteiger partial charge >= 0.3 is 5.97 Å². The largest absolute Gasteiger partial charge is 0.465 e. The third-order valence-electron chi connectivity index (χ3n) is 6.20. The Morgan fingerprint density at radius 3 is 2.55 bits per heavy atom. The van der Waals surface area contributed by atoms with Gasteiger partial charge in [-0.15, -0.1) is 11.3 Å². The number of piperidine rings is 1. The molecule has 1 aliphatic carbocycles. The van der Waals surface area contributed by atoms with Crippen LogP contribution >= 0.6 is 11.3 Å². The number of allylic oxidation sites excluding steroid dienone is 2. The van der Waals surface area contributed by atoms with Gasteiger partial charge < -0.3 is 15.0 Å². The minimum Gasteiger partial charge on any atom is -0.465 e. The molecule has 2 heterocycles. The van der Waals surface area contributed by atoms with Crippen molar-refractivity contribution in [3.8, 4) is 0 Å².